The molecule has 0 aromatic carbocycles. The van der Waals surface area contributed by atoms with Gasteiger partial charge in [0.2, 0.25) is 5.95 Å². The second-order valence-corrected chi connectivity index (χ2v) is 5.79. The van der Waals surface area contributed by atoms with Gasteiger partial charge in [-0.2, -0.15) is 0 Å². The standard InChI is InChI=1S/C11H15BrClN3/c1-16(10-5-3-2-4-9(10)12)11-14-6-8(13)7-15-11/h6-7,9-10H,2-5H2,1H3. The molecule has 2 rings (SSSR count). The molecule has 0 bridgehead atoms. The normalized spacial score (nSPS) is 25.4. The summed E-state index contributed by atoms with van der Waals surface area (Å²) in [5, 5.41) is 0.580. The van der Waals surface area contributed by atoms with Crippen LogP contribution in [-0.4, -0.2) is 27.9 Å². The lowest BCUT2D eigenvalue weighted by atomic mass is 9.94. The fourth-order valence-electron chi connectivity index (χ4n) is 2.14. The molecule has 0 saturated heterocycles. The number of hydrogen-bond donors (Lipinski definition) is 0. The first kappa shape index (κ1) is 12.1. The van der Waals surface area contributed by atoms with Crippen molar-refractivity contribution in [2.45, 2.75) is 36.6 Å². The molecule has 3 nitrogen and oxygen atoms in total. The minimum Gasteiger partial charge on any atom is -0.340 e. The summed E-state index contributed by atoms with van der Waals surface area (Å²) in [4.78, 5) is 11.2. The van der Waals surface area contributed by atoms with Crippen molar-refractivity contribution in [2.75, 3.05) is 11.9 Å². The molecular weight excluding hydrogens is 289 g/mol. The van der Waals surface area contributed by atoms with E-state index in [0.29, 0.717) is 15.9 Å². The van der Waals surface area contributed by atoms with Crippen LogP contribution in [-0.2, 0) is 0 Å². The van der Waals surface area contributed by atoms with E-state index in [1.54, 1.807) is 12.4 Å². The molecule has 1 saturated carbocycles. The van der Waals surface area contributed by atoms with Crippen molar-refractivity contribution >= 4 is 33.5 Å². The van der Waals surface area contributed by atoms with Crippen LogP contribution in [0.4, 0.5) is 5.95 Å². The van der Waals surface area contributed by atoms with E-state index in [0.717, 1.165) is 5.95 Å². The second-order valence-electron chi connectivity index (χ2n) is 4.18. The Morgan fingerprint density at radius 3 is 2.56 bits per heavy atom. The lowest BCUT2D eigenvalue weighted by Crippen LogP contribution is -2.41. The largest absolute Gasteiger partial charge is 0.340 e. The Balaban J connectivity index is 2.11. The second kappa shape index (κ2) is 5.32. The van der Waals surface area contributed by atoms with Crippen molar-refractivity contribution in [3.05, 3.63) is 17.4 Å². The third-order valence-corrected chi connectivity index (χ3v) is 4.33. The molecule has 1 aromatic heterocycles. The Hall–Kier alpha value is -0.350. The summed E-state index contributed by atoms with van der Waals surface area (Å²) >= 11 is 9.52. The van der Waals surface area contributed by atoms with Gasteiger partial charge < -0.3 is 4.90 Å². The number of aromatic nitrogens is 2. The monoisotopic (exact) mass is 303 g/mol. The summed E-state index contributed by atoms with van der Waals surface area (Å²) in [5.41, 5.74) is 0. The van der Waals surface area contributed by atoms with Crippen LogP contribution >= 0.6 is 27.5 Å². The van der Waals surface area contributed by atoms with Gasteiger partial charge in [-0.1, -0.05) is 40.4 Å². The molecule has 1 aliphatic carbocycles. The summed E-state index contributed by atoms with van der Waals surface area (Å²) in [6.45, 7) is 0. The van der Waals surface area contributed by atoms with Gasteiger partial charge in [0.25, 0.3) is 0 Å². The number of nitrogens with zero attached hydrogens (tertiary/aromatic N) is 3. The van der Waals surface area contributed by atoms with E-state index in [1.807, 2.05) is 7.05 Å². The zero-order valence-corrected chi connectivity index (χ0v) is 11.6. The van der Waals surface area contributed by atoms with Gasteiger partial charge in [-0.15, -0.1) is 0 Å². The number of alkyl halides is 1. The predicted octanol–water partition coefficient (Wildman–Crippen LogP) is 3.27. The molecule has 1 heterocycles. The van der Waals surface area contributed by atoms with Crippen LogP contribution < -0.4 is 4.90 Å². The van der Waals surface area contributed by atoms with Gasteiger partial charge >= 0.3 is 0 Å². The fraction of sp³-hybridized carbons (Fsp3) is 0.636. The maximum Gasteiger partial charge on any atom is 0.225 e. The lowest BCUT2D eigenvalue weighted by Gasteiger charge is -2.35. The van der Waals surface area contributed by atoms with E-state index in [1.165, 1.54) is 25.7 Å². The zero-order chi connectivity index (χ0) is 11.5. The smallest absolute Gasteiger partial charge is 0.225 e. The number of anilines is 1. The van der Waals surface area contributed by atoms with E-state index >= 15 is 0 Å². The maximum atomic E-state index is 5.78. The molecule has 5 heteroatoms. The molecule has 1 aliphatic rings. The third-order valence-electron chi connectivity index (χ3n) is 3.07. The molecular formula is C11H15BrClN3. The van der Waals surface area contributed by atoms with E-state index in [-0.39, 0.29) is 0 Å². The number of halogens is 2. The van der Waals surface area contributed by atoms with Crippen molar-refractivity contribution in [3.8, 4) is 0 Å². The molecule has 0 amide bonds. The highest BCUT2D eigenvalue weighted by atomic mass is 79.9. The molecule has 16 heavy (non-hydrogen) atoms. The van der Waals surface area contributed by atoms with Crippen molar-refractivity contribution in [1.29, 1.82) is 0 Å². The van der Waals surface area contributed by atoms with Crippen LogP contribution in [0.2, 0.25) is 5.02 Å². The summed E-state index contributed by atoms with van der Waals surface area (Å²) in [5.74, 6) is 0.751. The topological polar surface area (TPSA) is 29.0 Å². The molecule has 2 unspecified atom stereocenters. The molecule has 0 aliphatic heterocycles. The number of rotatable bonds is 2. The average molecular weight is 305 g/mol. The van der Waals surface area contributed by atoms with E-state index < -0.39 is 0 Å². The van der Waals surface area contributed by atoms with Gasteiger partial charge in [-0.05, 0) is 12.8 Å². The van der Waals surface area contributed by atoms with Crippen LogP contribution in [0.25, 0.3) is 0 Å². The van der Waals surface area contributed by atoms with Crippen LogP contribution in [0, 0.1) is 0 Å². The first-order chi connectivity index (χ1) is 7.68. The Labute approximate surface area is 109 Å². The van der Waals surface area contributed by atoms with Gasteiger partial charge in [0, 0.05) is 17.9 Å². The molecule has 0 spiro atoms. The highest BCUT2D eigenvalue weighted by molar-refractivity contribution is 9.09. The number of hydrogen-bond acceptors (Lipinski definition) is 3. The Kier molecular flexibility index (Phi) is 4.03. The van der Waals surface area contributed by atoms with Gasteiger partial charge in [0.1, 0.15) is 0 Å². The van der Waals surface area contributed by atoms with Crippen LogP contribution in [0.3, 0.4) is 0 Å². The SMILES string of the molecule is CN(c1ncc(Cl)cn1)C1CCCCC1Br. The first-order valence-corrected chi connectivity index (χ1v) is 6.82. The van der Waals surface area contributed by atoms with Crippen molar-refractivity contribution < 1.29 is 0 Å². The Bertz CT molecular complexity index is 344. The minimum atomic E-state index is 0.481. The fourth-order valence-corrected chi connectivity index (χ4v) is 3.18. The average Bonchev–Trinajstić information content (AvgIpc) is 2.30. The summed E-state index contributed by atoms with van der Waals surface area (Å²) in [6.07, 6.45) is 8.30. The molecule has 1 fully saturated rings. The van der Waals surface area contributed by atoms with E-state index in [9.17, 15) is 0 Å². The Morgan fingerprint density at radius 2 is 1.94 bits per heavy atom. The summed E-state index contributed by atoms with van der Waals surface area (Å²) in [7, 11) is 2.05. The quantitative estimate of drug-likeness (QED) is 0.785. The zero-order valence-electron chi connectivity index (χ0n) is 9.24. The van der Waals surface area contributed by atoms with Gasteiger partial charge in [-0.3, -0.25) is 0 Å². The third kappa shape index (κ3) is 2.66. The van der Waals surface area contributed by atoms with Crippen LogP contribution in [0.15, 0.2) is 12.4 Å². The highest BCUT2D eigenvalue weighted by Crippen LogP contribution is 2.29. The molecule has 0 radical (unpaired) electrons. The van der Waals surface area contributed by atoms with Crippen molar-refractivity contribution in [2.24, 2.45) is 0 Å². The predicted molar refractivity (Wildman–Crippen MR) is 70.4 cm³/mol. The molecule has 0 N–H and O–H groups in total. The summed E-state index contributed by atoms with van der Waals surface area (Å²) < 4.78 is 0. The van der Waals surface area contributed by atoms with Crippen LogP contribution in [0.1, 0.15) is 25.7 Å². The van der Waals surface area contributed by atoms with E-state index in [2.05, 4.69) is 30.8 Å². The van der Waals surface area contributed by atoms with Gasteiger partial charge in [0.15, 0.2) is 0 Å². The molecule has 88 valence electrons. The van der Waals surface area contributed by atoms with Crippen molar-refractivity contribution in [1.82, 2.24) is 9.97 Å². The lowest BCUT2D eigenvalue weighted by molar-refractivity contribution is 0.440. The first-order valence-electron chi connectivity index (χ1n) is 5.53. The van der Waals surface area contributed by atoms with Crippen LogP contribution in [0.5, 0.6) is 0 Å². The molecule has 2 atom stereocenters. The minimum absolute atomic E-state index is 0.481. The van der Waals surface area contributed by atoms with E-state index in [4.69, 9.17) is 11.6 Å². The van der Waals surface area contributed by atoms with Crippen molar-refractivity contribution in [3.63, 3.8) is 0 Å². The van der Waals surface area contributed by atoms with Gasteiger partial charge in [0.05, 0.1) is 17.4 Å². The van der Waals surface area contributed by atoms with Gasteiger partial charge in [-0.25, -0.2) is 9.97 Å². The summed E-state index contributed by atoms with van der Waals surface area (Å²) in [6, 6.07) is 0.481. The maximum absolute atomic E-state index is 5.78. The molecule has 1 aromatic rings. The highest BCUT2D eigenvalue weighted by Gasteiger charge is 2.27. The Morgan fingerprint density at radius 1 is 1.31 bits per heavy atom.